The van der Waals surface area contributed by atoms with Gasteiger partial charge < -0.3 is 5.32 Å². The molecule has 0 aliphatic carbocycles. The van der Waals surface area contributed by atoms with E-state index in [1.54, 1.807) is 0 Å². The maximum atomic E-state index is 12.3. The van der Waals surface area contributed by atoms with Crippen LogP contribution < -0.4 is 5.32 Å². The van der Waals surface area contributed by atoms with Gasteiger partial charge in [-0.05, 0) is 68.3 Å². The molecule has 1 saturated heterocycles. The highest BCUT2D eigenvalue weighted by atomic mass is 16.1. The molecule has 1 N–H and O–H groups in total. The van der Waals surface area contributed by atoms with Crippen molar-refractivity contribution in [2.45, 2.75) is 46.1 Å². The van der Waals surface area contributed by atoms with Crippen molar-refractivity contribution in [1.29, 1.82) is 0 Å². The normalized spacial score (nSPS) is 17.6. The predicted octanol–water partition coefficient (Wildman–Crippen LogP) is 4.59. The average Bonchev–Trinajstić information content (AvgIpc) is 2.67. The molecule has 27 heavy (non-hydrogen) atoms. The van der Waals surface area contributed by atoms with Gasteiger partial charge in [0.15, 0.2) is 0 Å². The first kappa shape index (κ1) is 19.6. The van der Waals surface area contributed by atoms with Gasteiger partial charge in [0.05, 0.1) is 0 Å². The Hall–Kier alpha value is -2.13. The summed E-state index contributed by atoms with van der Waals surface area (Å²) in [5.74, 6) is 0.820. The molecular formula is C24H32N2O. The smallest absolute Gasteiger partial charge is 0.251 e. The van der Waals surface area contributed by atoms with Crippen LogP contribution in [0.2, 0.25) is 0 Å². The third kappa shape index (κ3) is 6.21. The van der Waals surface area contributed by atoms with Gasteiger partial charge in [-0.15, -0.1) is 0 Å². The Bertz CT molecular complexity index is 721. The van der Waals surface area contributed by atoms with Crippen molar-refractivity contribution in [3.63, 3.8) is 0 Å². The summed E-state index contributed by atoms with van der Waals surface area (Å²) in [4.78, 5) is 14.8. The minimum Gasteiger partial charge on any atom is -0.352 e. The van der Waals surface area contributed by atoms with E-state index in [0.29, 0.717) is 6.54 Å². The van der Waals surface area contributed by atoms with Crippen LogP contribution in [0.15, 0.2) is 48.5 Å². The van der Waals surface area contributed by atoms with Crippen molar-refractivity contribution in [3.8, 4) is 0 Å². The molecule has 3 rings (SSSR count). The Morgan fingerprint density at radius 1 is 1.07 bits per heavy atom. The van der Waals surface area contributed by atoms with Crippen molar-refractivity contribution in [3.05, 3.63) is 70.8 Å². The third-order valence-corrected chi connectivity index (χ3v) is 5.41. The van der Waals surface area contributed by atoms with E-state index in [4.69, 9.17) is 0 Å². The van der Waals surface area contributed by atoms with Gasteiger partial charge in [-0.25, -0.2) is 0 Å². The largest absolute Gasteiger partial charge is 0.352 e. The van der Waals surface area contributed by atoms with Gasteiger partial charge in [0.1, 0.15) is 0 Å². The second kappa shape index (κ2) is 9.70. The second-order valence-electron chi connectivity index (χ2n) is 8.02. The molecule has 3 nitrogen and oxygen atoms in total. The quantitative estimate of drug-likeness (QED) is 0.729. The fourth-order valence-corrected chi connectivity index (χ4v) is 3.80. The summed E-state index contributed by atoms with van der Waals surface area (Å²) in [6, 6.07) is 16.7. The Kier molecular flexibility index (Phi) is 7.05. The molecule has 0 spiro atoms. The number of benzene rings is 2. The molecule has 1 aliphatic rings. The van der Waals surface area contributed by atoms with E-state index in [9.17, 15) is 4.79 Å². The lowest BCUT2D eigenvalue weighted by Gasteiger charge is -2.30. The highest BCUT2D eigenvalue weighted by molar-refractivity contribution is 5.94. The van der Waals surface area contributed by atoms with Gasteiger partial charge >= 0.3 is 0 Å². The number of carbonyl (C=O) groups is 1. The molecule has 1 atom stereocenters. The summed E-state index contributed by atoms with van der Waals surface area (Å²) < 4.78 is 0. The number of hydrogen-bond acceptors (Lipinski definition) is 2. The minimum atomic E-state index is 0.0250. The van der Waals surface area contributed by atoms with E-state index >= 15 is 0 Å². The minimum absolute atomic E-state index is 0.0250. The van der Waals surface area contributed by atoms with Crippen molar-refractivity contribution < 1.29 is 4.79 Å². The van der Waals surface area contributed by atoms with Crippen LogP contribution in [-0.2, 0) is 13.0 Å². The molecule has 1 fully saturated rings. The molecule has 0 aromatic heterocycles. The number of likely N-dealkylation sites (tertiary alicyclic amines) is 1. The standard InChI is InChI=1S/C24H32N2O/c1-19-7-9-21(10-8-19)6-3-15-25-24(27)23-13-11-22(12-14-23)18-26-16-4-5-20(2)17-26/h7-14,20H,3-6,15-18H2,1-2H3,(H,25,27)/t20-/m0/s1. The zero-order valence-electron chi connectivity index (χ0n) is 16.7. The first-order valence-electron chi connectivity index (χ1n) is 10.3. The van der Waals surface area contributed by atoms with Crippen LogP contribution in [0.3, 0.4) is 0 Å². The van der Waals surface area contributed by atoms with Gasteiger partial charge in [-0.1, -0.05) is 48.9 Å². The molecule has 0 saturated carbocycles. The average molecular weight is 365 g/mol. The number of carbonyl (C=O) groups excluding carboxylic acids is 1. The van der Waals surface area contributed by atoms with E-state index < -0.39 is 0 Å². The molecule has 2 aromatic rings. The lowest BCUT2D eigenvalue weighted by molar-refractivity contribution is 0.0953. The van der Waals surface area contributed by atoms with Crippen molar-refractivity contribution >= 4 is 5.91 Å². The second-order valence-corrected chi connectivity index (χ2v) is 8.02. The van der Waals surface area contributed by atoms with Crippen molar-refractivity contribution in [2.75, 3.05) is 19.6 Å². The molecule has 144 valence electrons. The summed E-state index contributed by atoms with van der Waals surface area (Å²) in [7, 11) is 0. The van der Waals surface area contributed by atoms with Crippen LogP contribution in [-0.4, -0.2) is 30.4 Å². The highest BCUT2D eigenvalue weighted by Crippen LogP contribution is 2.18. The third-order valence-electron chi connectivity index (χ3n) is 5.41. The van der Waals surface area contributed by atoms with Gasteiger partial charge in [0.25, 0.3) is 5.91 Å². The Balaban J connectivity index is 1.41. The zero-order chi connectivity index (χ0) is 19.1. The SMILES string of the molecule is Cc1ccc(CCCNC(=O)c2ccc(CN3CCC[C@H](C)C3)cc2)cc1. The number of rotatable bonds is 7. The molecule has 0 radical (unpaired) electrons. The van der Waals surface area contributed by atoms with E-state index in [0.717, 1.165) is 30.9 Å². The maximum absolute atomic E-state index is 12.3. The predicted molar refractivity (Wildman–Crippen MR) is 112 cm³/mol. The summed E-state index contributed by atoms with van der Waals surface area (Å²) in [5, 5.41) is 3.04. The van der Waals surface area contributed by atoms with Gasteiger partial charge in [0.2, 0.25) is 0 Å². The van der Waals surface area contributed by atoms with Crippen LogP contribution in [0.4, 0.5) is 0 Å². The Labute approximate surface area is 163 Å². The number of piperidine rings is 1. The first-order chi connectivity index (χ1) is 13.1. The van der Waals surface area contributed by atoms with Crippen LogP contribution in [0.1, 0.15) is 53.2 Å². The lowest BCUT2D eigenvalue weighted by Crippen LogP contribution is -2.33. The Morgan fingerprint density at radius 2 is 1.78 bits per heavy atom. The van der Waals surface area contributed by atoms with Crippen LogP contribution >= 0.6 is 0 Å². The molecule has 1 heterocycles. The van der Waals surface area contributed by atoms with Crippen LogP contribution in [0.25, 0.3) is 0 Å². The fourth-order valence-electron chi connectivity index (χ4n) is 3.80. The summed E-state index contributed by atoms with van der Waals surface area (Å²) in [6.45, 7) is 8.50. The number of nitrogens with one attached hydrogen (secondary N) is 1. The number of amides is 1. The van der Waals surface area contributed by atoms with Gasteiger partial charge in [-0.2, -0.15) is 0 Å². The monoisotopic (exact) mass is 364 g/mol. The zero-order valence-corrected chi connectivity index (χ0v) is 16.7. The van der Waals surface area contributed by atoms with E-state index in [-0.39, 0.29) is 5.91 Å². The lowest BCUT2D eigenvalue weighted by atomic mass is 9.99. The van der Waals surface area contributed by atoms with Crippen LogP contribution in [0, 0.1) is 12.8 Å². The van der Waals surface area contributed by atoms with Gasteiger partial charge in [0, 0.05) is 25.2 Å². The molecule has 1 amide bonds. The summed E-state index contributed by atoms with van der Waals surface area (Å²) >= 11 is 0. The molecule has 0 bridgehead atoms. The summed E-state index contributed by atoms with van der Waals surface area (Å²) in [5.41, 5.74) is 4.65. The van der Waals surface area contributed by atoms with E-state index in [1.165, 1.54) is 42.6 Å². The van der Waals surface area contributed by atoms with Crippen LogP contribution in [0.5, 0.6) is 0 Å². The molecule has 3 heteroatoms. The molecular weight excluding hydrogens is 332 g/mol. The summed E-state index contributed by atoms with van der Waals surface area (Å²) in [6.07, 6.45) is 4.59. The molecule has 2 aromatic carbocycles. The fraction of sp³-hybridized carbons (Fsp3) is 0.458. The topological polar surface area (TPSA) is 32.3 Å². The van der Waals surface area contributed by atoms with Gasteiger partial charge in [-0.3, -0.25) is 9.69 Å². The first-order valence-corrected chi connectivity index (χ1v) is 10.3. The van der Waals surface area contributed by atoms with E-state index in [2.05, 4.69) is 60.5 Å². The maximum Gasteiger partial charge on any atom is 0.251 e. The van der Waals surface area contributed by atoms with E-state index in [1.807, 2.05) is 12.1 Å². The van der Waals surface area contributed by atoms with Crippen molar-refractivity contribution in [2.24, 2.45) is 5.92 Å². The molecule has 1 aliphatic heterocycles. The molecule has 0 unspecified atom stereocenters. The number of hydrogen-bond donors (Lipinski definition) is 1. The Morgan fingerprint density at radius 3 is 2.48 bits per heavy atom. The number of nitrogens with zero attached hydrogens (tertiary/aromatic N) is 1. The number of aryl methyl sites for hydroxylation is 2. The highest BCUT2D eigenvalue weighted by Gasteiger charge is 2.16. The van der Waals surface area contributed by atoms with Crippen molar-refractivity contribution in [1.82, 2.24) is 10.2 Å².